The van der Waals surface area contributed by atoms with Crippen LogP contribution in [0.2, 0.25) is 0 Å². The first kappa shape index (κ1) is 21.4. The maximum atomic E-state index is 6.67. The molecule has 0 nitrogen and oxygen atoms in total. The summed E-state index contributed by atoms with van der Waals surface area (Å²) in [6.07, 6.45) is 6.82. The molecule has 1 aliphatic carbocycles. The molecule has 2 aromatic rings. The van der Waals surface area contributed by atoms with Gasteiger partial charge in [-0.1, -0.05) is 0 Å². The summed E-state index contributed by atoms with van der Waals surface area (Å²) in [7, 11) is 13.3. The van der Waals surface area contributed by atoms with Crippen LogP contribution in [0.15, 0.2) is 42.0 Å². The molecule has 3 heteroatoms. The van der Waals surface area contributed by atoms with Crippen LogP contribution in [0.3, 0.4) is 0 Å². The molecule has 3 rings (SSSR count). The summed E-state index contributed by atoms with van der Waals surface area (Å²) in [5.74, 6) is 0.616. The Balaban J connectivity index is 2.26. The Morgan fingerprint density at radius 1 is 1.00 bits per heavy atom. The Bertz CT molecular complexity index is 836. The number of hydrogen-bond donors (Lipinski definition) is 0. The van der Waals surface area contributed by atoms with Gasteiger partial charge in [-0.05, 0) is 0 Å². The van der Waals surface area contributed by atoms with Crippen LogP contribution in [0.25, 0.3) is 17.2 Å². The second-order valence-electron chi connectivity index (χ2n) is 7.90. The summed E-state index contributed by atoms with van der Waals surface area (Å²) in [4.78, 5) is 0. The number of fused-ring (bicyclic) bond motifs is 1. The standard InChI is InChI=1S/C24H29.2ClH.Zr/c1-5-9-20-12-13-21-15-18(14-17(3)4)16-23(21)24(20)22-11-8-7-10-19(22)6-2;;;/h7-8,10-13,15-17H,5-6,9,14H2,1-4H3;2*1H;/q;;;+2/p-2. The van der Waals surface area contributed by atoms with Gasteiger partial charge in [0, 0.05) is 0 Å². The molecular weight excluding hydrogens is 450 g/mol. The number of benzene rings is 2. The average Bonchev–Trinajstić information content (AvgIpc) is 2.99. The van der Waals surface area contributed by atoms with Crippen molar-refractivity contribution in [3.05, 3.63) is 64.2 Å². The second-order valence-corrected chi connectivity index (χ2v) is 16.7. The SMILES string of the molecule is CCCc1ccc2c(c1-c1ccccc1CC)C=C(CC(C)C)[CH]2[Zr]([Cl])[Cl]. The monoisotopic (exact) mass is 477 g/mol. The van der Waals surface area contributed by atoms with E-state index in [0.717, 1.165) is 25.7 Å². The zero-order valence-electron chi connectivity index (χ0n) is 16.8. The van der Waals surface area contributed by atoms with Gasteiger partial charge in [-0.2, -0.15) is 0 Å². The van der Waals surface area contributed by atoms with Crippen molar-refractivity contribution in [3.8, 4) is 11.1 Å². The van der Waals surface area contributed by atoms with E-state index >= 15 is 0 Å². The van der Waals surface area contributed by atoms with E-state index in [9.17, 15) is 0 Å². The Morgan fingerprint density at radius 3 is 2.37 bits per heavy atom. The van der Waals surface area contributed by atoms with E-state index in [1.807, 2.05) is 0 Å². The van der Waals surface area contributed by atoms with Crippen LogP contribution < -0.4 is 0 Å². The molecule has 1 unspecified atom stereocenters. The van der Waals surface area contributed by atoms with Crippen LogP contribution in [-0.2, 0) is 32.2 Å². The van der Waals surface area contributed by atoms with E-state index < -0.39 is 19.4 Å². The van der Waals surface area contributed by atoms with Gasteiger partial charge in [0.1, 0.15) is 0 Å². The summed E-state index contributed by atoms with van der Waals surface area (Å²) in [5.41, 5.74) is 9.91. The molecule has 0 N–H and O–H groups in total. The summed E-state index contributed by atoms with van der Waals surface area (Å²) in [5, 5.41) is 0. The molecule has 0 aliphatic heterocycles. The summed E-state index contributed by atoms with van der Waals surface area (Å²) in [6.45, 7) is 9.06. The quantitative estimate of drug-likeness (QED) is 0.375. The molecule has 1 atom stereocenters. The Hall–Kier alpha value is -0.357. The zero-order valence-corrected chi connectivity index (χ0v) is 20.8. The summed E-state index contributed by atoms with van der Waals surface area (Å²) < 4.78 is 0.302. The molecule has 0 saturated carbocycles. The Labute approximate surface area is 179 Å². The van der Waals surface area contributed by atoms with Crippen molar-refractivity contribution in [3.63, 3.8) is 0 Å². The molecule has 2 aromatic carbocycles. The predicted molar refractivity (Wildman–Crippen MR) is 117 cm³/mol. The van der Waals surface area contributed by atoms with Crippen molar-refractivity contribution in [2.75, 3.05) is 0 Å². The third-order valence-electron chi connectivity index (χ3n) is 5.43. The van der Waals surface area contributed by atoms with Crippen molar-refractivity contribution in [2.45, 2.75) is 57.0 Å². The van der Waals surface area contributed by atoms with E-state index in [1.165, 1.54) is 39.0 Å². The van der Waals surface area contributed by atoms with Gasteiger partial charge < -0.3 is 0 Å². The van der Waals surface area contributed by atoms with Crippen molar-refractivity contribution >= 4 is 23.1 Å². The number of aryl methyl sites for hydroxylation is 2. The first-order chi connectivity index (χ1) is 13.0. The van der Waals surface area contributed by atoms with Crippen LogP contribution >= 0.6 is 17.0 Å². The first-order valence-electron chi connectivity index (χ1n) is 10.1. The Kier molecular flexibility index (Phi) is 7.46. The van der Waals surface area contributed by atoms with E-state index in [1.54, 1.807) is 0 Å². The number of hydrogen-bond acceptors (Lipinski definition) is 0. The Morgan fingerprint density at radius 2 is 1.74 bits per heavy atom. The van der Waals surface area contributed by atoms with Gasteiger partial charge in [0.25, 0.3) is 0 Å². The molecule has 0 amide bonds. The summed E-state index contributed by atoms with van der Waals surface area (Å²) in [6, 6.07) is 13.5. The molecule has 0 aromatic heterocycles. The molecule has 27 heavy (non-hydrogen) atoms. The van der Waals surface area contributed by atoms with Crippen LogP contribution in [0.4, 0.5) is 0 Å². The van der Waals surface area contributed by atoms with Crippen molar-refractivity contribution in [1.29, 1.82) is 0 Å². The minimum absolute atomic E-state index is 0.302. The van der Waals surface area contributed by atoms with Crippen LogP contribution in [0, 0.1) is 5.92 Å². The minimum atomic E-state index is -2.47. The van der Waals surface area contributed by atoms with Crippen molar-refractivity contribution in [2.24, 2.45) is 5.92 Å². The molecule has 0 heterocycles. The molecule has 143 valence electrons. The fourth-order valence-corrected chi connectivity index (χ4v) is 9.76. The van der Waals surface area contributed by atoms with Gasteiger partial charge in [0.05, 0.1) is 0 Å². The van der Waals surface area contributed by atoms with Crippen LogP contribution in [0.5, 0.6) is 0 Å². The van der Waals surface area contributed by atoms with Crippen molar-refractivity contribution in [1.82, 2.24) is 0 Å². The van der Waals surface area contributed by atoms with Crippen molar-refractivity contribution < 1.29 is 19.4 Å². The normalized spacial score (nSPS) is 15.8. The van der Waals surface area contributed by atoms with E-state index in [2.05, 4.69) is 70.2 Å². The van der Waals surface area contributed by atoms with Gasteiger partial charge in [-0.25, -0.2) is 0 Å². The molecule has 0 radical (unpaired) electrons. The first-order valence-corrected chi connectivity index (χ1v) is 17.8. The summed E-state index contributed by atoms with van der Waals surface area (Å²) >= 11 is -2.47. The average molecular weight is 480 g/mol. The number of rotatable bonds is 7. The molecule has 0 fully saturated rings. The van der Waals surface area contributed by atoms with E-state index in [0.29, 0.717) is 9.54 Å². The number of halogens is 2. The molecule has 0 spiro atoms. The fourth-order valence-electron chi connectivity index (χ4n) is 4.33. The fraction of sp³-hybridized carbons (Fsp3) is 0.417. The van der Waals surface area contributed by atoms with Crippen LogP contribution in [0.1, 0.15) is 66.4 Å². The maximum absolute atomic E-state index is 6.67. The van der Waals surface area contributed by atoms with E-state index in [-0.39, 0.29) is 0 Å². The molecule has 0 saturated heterocycles. The molecule has 1 aliphatic rings. The molecule has 0 bridgehead atoms. The van der Waals surface area contributed by atoms with Gasteiger partial charge in [-0.3, -0.25) is 0 Å². The van der Waals surface area contributed by atoms with Gasteiger partial charge in [0.2, 0.25) is 0 Å². The van der Waals surface area contributed by atoms with E-state index in [4.69, 9.17) is 17.0 Å². The third kappa shape index (κ3) is 4.47. The molecular formula is C24H29Cl2Zr. The van der Waals surface area contributed by atoms with Crippen LogP contribution in [-0.4, -0.2) is 0 Å². The topological polar surface area (TPSA) is 0 Å². The van der Waals surface area contributed by atoms with Gasteiger partial charge >= 0.3 is 181 Å². The second kappa shape index (κ2) is 9.43. The predicted octanol–water partition coefficient (Wildman–Crippen LogP) is 8.28. The third-order valence-corrected chi connectivity index (χ3v) is 10.8. The zero-order chi connectivity index (χ0) is 19.6. The van der Waals surface area contributed by atoms with Gasteiger partial charge in [0.15, 0.2) is 0 Å². The van der Waals surface area contributed by atoms with Gasteiger partial charge in [-0.15, -0.1) is 0 Å². The number of allylic oxidation sites excluding steroid dienone is 1.